The Morgan fingerprint density at radius 1 is 0.974 bits per heavy atom. The lowest BCUT2D eigenvalue weighted by Gasteiger charge is -2.47. The van der Waals surface area contributed by atoms with Gasteiger partial charge in [0, 0.05) is 0 Å². The van der Waals surface area contributed by atoms with Crippen LogP contribution in [0.2, 0.25) is 0 Å². The number of fused-ring (bicyclic) bond motifs is 1. The Morgan fingerprint density at radius 2 is 1.46 bits per heavy atom. The van der Waals surface area contributed by atoms with Crippen molar-refractivity contribution in [2.24, 2.45) is 0 Å². The Balaban J connectivity index is 2.67. The van der Waals surface area contributed by atoms with E-state index in [9.17, 15) is 14.4 Å². The summed E-state index contributed by atoms with van der Waals surface area (Å²) < 4.78 is 9.51. The highest BCUT2D eigenvalue weighted by Gasteiger charge is 2.66. The summed E-state index contributed by atoms with van der Waals surface area (Å²) in [5.41, 5.74) is -0.255. The van der Waals surface area contributed by atoms with Crippen LogP contribution in [-0.2, 0) is 19.1 Å². The van der Waals surface area contributed by atoms with Gasteiger partial charge >= 0.3 is 12.1 Å². The van der Waals surface area contributed by atoms with Gasteiger partial charge in [-0.2, -0.15) is 0 Å². The molecule has 0 spiro atoms. The van der Waals surface area contributed by atoms with Gasteiger partial charge in [0.05, 0.1) is 4.87 Å². The van der Waals surface area contributed by atoms with Gasteiger partial charge in [0.1, 0.15) is 29.0 Å². The van der Waals surface area contributed by atoms with Gasteiger partial charge in [-0.15, -0.1) is 11.8 Å². The second-order valence-electron chi connectivity index (χ2n) is 11.9. The van der Waals surface area contributed by atoms with E-state index in [4.69, 9.17) is 44.3 Å². The number of unbranched alkanes of at least 4 members (excludes halogenated alkanes) is 3. The van der Waals surface area contributed by atoms with Crippen molar-refractivity contribution in [1.29, 1.82) is 0 Å². The summed E-state index contributed by atoms with van der Waals surface area (Å²) >= 11 is 19.3. The molecule has 2 aliphatic rings. The molecule has 2 aliphatic heterocycles. The molecular formula is C27H46Cl3N2O5PS. The van der Waals surface area contributed by atoms with Gasteiger partial charge in [-0.3, -0.25) is 14.6 Å². The third-order valence-electron chi connectivity index (χ3n) is 6.92. The first-order valence-corrected chi connectivity index (χ1v) is 18.3. The Morgan fingerprint density at radius 3 is 1.87 bits per heavy atom. The standard InChI is InChI=1S/C27H46Cl3N2O5PS/c1-9-12-15-38(16-13-10-2,17-14-11-3)21(23(34)36-18-27(28,29)30)31-20(33)19-22(31)39-26(7,8)32(19)24(35)37-25(4,5)6/h19,22H,9-18H2,1-8H3. The van der Waals surface area contributed by atoms with Gasteiger partial charge in [0.25, 0.3) is 5.91 Å². The Bertz CT molecular complexity index is 936. The highest BCUT2D eigenvalue weighted by molar-refractivity contribution is 8.01. The molecule has 0 saturated carbocycles. The third kappa shape index (κ3) is 8.63. The van der Waals surface area contributed by atoms with E-state index in [2.05, 4.69) is 20.8 Å². The second-order valence-corrected chi connectivity index (χ2v) is 20.1. The lowest BCUT2D eigenvalue weighted by Crippen LogP contribution is -2.70. The molecule has 0 aromatic rings. The first-order chi connectivity index (χ1) is 17.9. The van der Waals surface area contributed by atoms with Crippen LogP contribution in [0.5, 0.6) is 0 Å². The van der Waals surface area contributed by atoms with E-state index in [1.807, 2.05) is 13.8 Å². The van der Waals surface area contributed by atoms with Crippen molar-refractivity contribution in [1.82, 2.24) is 9.80 Å². The molecule has 2 amide bonds. The molecule has 0 N–H and O–H groups in total. The van der Waals surface area contributed by atoms with E-state index in [1.165, 1.54) is 16.7 Å². The van der Waals surface area contributed by atoms with Crippen LogP contribution in [0.25, 0.3) is 0 Å². The van der Waals surface area contributed by atoms with Gasteiger partial charge in [0.2, 0.25) is 3.79 Å². The number of likely N-dealkylation sites (tertiary alicyclic amines) is 1. The highest BCUT2D eigenvalue weighted by atomic mass is 35.6. The number of carbonyl (C=O) groups excluding carboxylic acids is 3. The molecule has 2 saturated heterocycles. The van der Waals surface area contributed by atoms with Crippen molar-refractivity contribution in [3.63, 3.8) is 0 Å². The second kappa shape index (κ2) is 13.8. The quantitative estimate of drug-likeness (QED) is 0.0935. The lowest BCUT2D eigenvalue weighted by molar-refractivity contribution is -0.148. The number of amides is 2. The smallest absolute Gasteiger partial charge is 0.412 e. The number of nitrogens with zero attached hydrogens (tertiary/aromatic N) is 2. The minimum absolute atomic E-state index is 0.279. The number of esters is 1. The molecular weight excluding hydrogens is 602 g/mol. The molecule has 2 fully saturated rings. The van der Waals surface area contributed by atoms with E-state index in [-0.39, 0.29) is 5.91 Å². The van der Waals surface area contributed by atoms with Gasteiger partial charge in [-0.1, -0.05) is 81.7 Å². The molecule has 39 heavy (non-hydrogen) atoms. The van der Waals surface area contributed by atoms with Crippen LogP contribution in [-0.4, -0.2) is 84.0 Å². The molecule has 0 bridgehead atoms. The Labute approximate surface area is 254 Å². The van der Waals surface area contributed by atoms with E-state index < -0.39 is 51.2 Å². The van der Waals surface area contributed by atoms with Crippen LogP contribution < -0.4 is 0 Å². The largest absolute Gasteiger partial charge is 0.456 e. The predicted octanol–water partition coefficient (Wildman–Crippen LogP) is 7.70. The molecule has 2 heterocycles. The minimum atomic E-state index is -2.15. The zero-order valence-electron chi connectivity index (χ0n) is 24.7. The number of ether oxygens (including phenoxy) is 2. The fourth-order valence-corrected chi connectivity index (χ4v) is 12.1. The van der Waals surface area contributed by atoms with Crippen LogP contribution >= 0.6 is 53.5 Å². The molecule has 0 aliphatic carbocycles. The SMILES string of the molecule is CCCCP(CCCC)(CCCC)=C(C(=O)OCC(Cl)(Cl)Cl)N1C(=O)C2C1SC(C)(C)N2C(=O)OC(C)(C)C. The number of β-lactam (4-membered cyclic amide) rings is 1. The molecule has 7 nitrogen and oxygen atoms in total. The van der Waals surface area contributed by atoms with Gasteiger partial charge < -0.3 is 9.47 Å². The number of thioether (sulfide) groups is 1. The van der Waals surface area contributed by atoms with Crippen LogP contribution in [0.1, 0.15) is 93.9 Å². The number of alkyl halides is 3. The van der Waals surface area contributed by atoms with Crippen molar-refractivity contribution in [3.05, 3.63) is 0 Å². The zero-order valence-corrected chi connectivity index (χ0v) is 28.6. The van der Waals surface area contributed by atoms with Gasteiger partial charge in [0.15, 0.2) is 0 Å². The summed E-state index contributed by atoms with van der Waals surface area (Å²) in [6, 6.07) is -0.721. The average Bonchev–Trinajstić information content (AvgIpc) is 3.06. The minimum Gasteiger partial charge on any atom is -0.456 e. The maximum absolute atomic E-state index is 14.0. The lowest BCUT2D eigenvalue weighted by atomic mass is 10.0. The molecule has 0 aromatic heterocycles. The molecule has 0 aromatic carbocycles. The van der Waals surface area contributed by atoms with E-state index in [1.54, 1.807) is 25.7 Å². The molecule has 2 atom stereocenters. The van der Waals surface area contributed by atoms with Crippen LogP contribution in [0.3, 0.4) is 0 Å². The number of rotatable bonds is 12. The fraction of sp³-hybridized carbons (Fsp3) is 0.852. The monoisotopic (exact) mass is 646 g/mol. The normalized spacial score (nSPS) is 20.9. The predicted molar refractivity (Wildman–Crippen MR) is 167 cm³/mol. The Kier molecular flexibility index (Phi) is 12.4. The van der Waals surface area contributed by atoms with E-state index >= 15 is 0 Å². The van der Waals surface area contributed by atoms with Crippen LogP contribution in [0.15, 0.2) is 0 Å². The maximum Gasteiger partial charge on any atom is 0.412 e. The van der Waals surface area contributed by atoms with E-state index in [0.29, 0.717) is 5.42 Å². The van der Waals surface area contributed by atoms with Crippen molar-refractivity contribution >= 4 is 76.8 Å². The molecule has 2 unspecified atom stereocenters. The summed E-state index contributed by atoms with van der Waals surface area (Å²) in [4.78, 5) is 43.6. The fourth-order valence-electron chi connectivity index (χ4n) is 5.13. The summed E-state index contributed by atoms with van der Waals surface area (Å²) in [6.07, 6.45) is 7.79. The average molecular weight is 648 g/mol. The Hall–Kier alpha value is -0.270. The number of hydrogen-bond donors (Lipinski definition) is 0. The van der Waals surface area contributed by atoms with Gasteiger partial charge in [-0.25, -0.2) is 9.59 Å². The summed E-state index contributed by atoms with van der Waals surface area (Å²) in [5, 5.41) is -0.417. The number of hydrogen-bond acceptors (Lipinski definition) is 6. The van der Waals surface area contributed by atoms with Crippen molar-refractivity contribution in [2.45, 2.75) is 120 Å². The molecule has 0 radical (unpaired) electrons. The zero-order chi connectivity index (χ0) is 29.8. The van der Waals surface area contributed by atoms with Gasteiger partial charge in [-0.05, 0) is 72.4 Å². The number of carbonyl (C=O) groups is 3. The van der Waals surface area contributed by atoms with Crippen molar-refractivity contribution in [2.75, 3.05) is 25.1 Å². The topological polar surface area (TPSA) is 76.2 Å². The number of halogens is 3. The van der Waals surface area contributed by atoms with Crippen LogP contribution in [0, 0.1) is 0 Å². The third-order valence-corrected chi connectivity index (χ3v) is 13.5. The first kappa shape index (κ1) is 34.9. The van der Waals surface area contributed by atoms with Crippen molar-refractivity contribution < 1.29 is 23.9 Å². The molecule has 2 rings (SSSR count). The molecule has 12 heteroatoms. The first-order valence-electron chi connectivity index (χ1n) is 14.0. The van der Waals surface area contributed by atoms with E-state index in [0.717, 1.165) is 57.0 Å². The highest BCUT2D eigenvalue weighted by Crippen LogP contribution is 2.58. The summed E-state index contributed by atoms with van der Waals surface area (Å²) in [6.45, 7) is 13.0. The van der Waals surface area contributed by atoms with Crippen LogP contribution in [0.4, 0.5) is 4.79 Å². The summed E-state index contributed by atoms with van der Waals surface area (Å²) in [7, 11) is 0. The summed E-state index contributed by atoms with van der Waals surface area (Å²) in [5.74, 6) is -0.863. The molecule has 226 valence electrons. The van der Waals surface area contributed by atoms with Crippen molar-refractivity contribution in [3.8, 4) is 0 Å². The maximum atomic E-state index is 14.0.